The van der Waals surface area contributed by atoms with Crippen LogP contribution in [0.3, 0.4) is 0 Å². The van der Waals surface area contributed by atoms with Crippen LogP contribution >= 0.6 is 11.8 Å². The number of carboxylic acids is 1. The Morgan fingerprint density at radius 2 is 1.92 bits per heavy atom. The van der Waals surface area contributed by atoms with Gasteiger partial charge < -0.3 is 9.84 Å². The Bertz CT molecular complexity index is 805. The molecule has 0 aliphatic carbocycles. The van der Waals surface area contributed by atoms with Crippen LogP contribution in [0.25, 0.3) is 0 Å². The van der Waals surface area contributed by atoms with E-state index in [4.69, 9.17) is 4.74 Å². The summed E-state index contributed by atoms with van der Waals surface area (Å²) in [6.45, 7) is 1.19. The van der Waals surface area contributed by atoms with Crippen molar-refractivity contribution in [3.8, 4) is 0 Å². The second-order valence-corrected chi connectivity index (χ2v) is 5.83. The maximum atomic E-state index is 11.3. The molecule has 0 aromatic heterocycles. The number of carbonyl (C=O) groups excluding carboxylic acids is 1. The first-order valence-electron chi connectivity index (χ1n) is 6.79. The second kappa shape index (κ2) is 7.60. The fourth-order valence-corrected chi connectivity index (χ4v) is 2.94. The van der Waals surface area contributed by atoms with Crippen molar-refractivity contribution in [2.45, 2.75) is 23.3 Å². The molecule has 24 heavy (non-hydrogen) atoms. The van der Waals surface area contributed by atoms with Crippen LogP contribution in [0.2, 0.25) is 0 Å². The number of aromatic carboxylic acids is 1. The van der Waals surface area contributed by atoms with Crippen molar-refractivity contribution >= 4 is 29.4 Å². The van der Waals surface area contributed by atoms with Crippen LogP contribution in [0.1, 0.15) is 22.8 Å². The van der Waals surface area contributed by atoms with Crippen LogP contribution in [0.4, 0.5) is 5.69 Å². The number of hydrogen-bond acceptors (Lipinski definition) is 6. The lowest BCUT2D eigenvalue weighted by molar-refractivity contribution is -0.387. The van der Waals surface area contributed by atoms with Crippen molar-refractivity contribution in [3.05, 3.63) is 63.7 Å². The Hall–Kier alpha value is -2.87. The Labute approximate surface area is 141 Å². The molecule has 0 saturated heterocycles. The van der Waals surface area contributed by atoms with Crippen molar-refractivity contribution in [1.29, 1.82) is 0 Å². The second-order valence-electron chi connectivity index (χ2n) is 4.74. The van der Waals surface area contributed by atoms with Gasteiger partial charge in [-0.1, -0.05) is 30.0 Å². The average Bonchev–Trinajstić information content (AvgIpc) is 2.53. The summed E-state index contributed by atoms with van der Waals surface area (Å²) in [4.78, 5) is 33.5. The zero-order valence-electron chi connectivity index (χ0n) is 12.6. The van der Waals surface area contributed by atoms with Gasteiger partial charge in [-0.25, -0.2) is 4.79 Å². The van der Waals surface area contributed by atoms with Crippen molar-refractivity contribution in [3.63, 3.8) is 0 Å². The Morgan fingerprint density at radius 3 is 2.54 bits per heavy atom. The number of carbonyl (C=O) groups is 2. The van der Waals surface area contributed by atoms with Crippen molar-refractivity contribution < 1.29 is 24.4 Å². The first-order valence-corrected chi connectivity index (χ1v) is 7.61. The van der Waals surface area contributed by atoms with Crippen molar-refractivity contribution in [2.75, 3.05) is 0 Å². The minimum absolute atomic E-state index is 0.0627. The summed E-state index contributed by atoms with van der Waals surface area (Å²) < 4.78 is 4.83. The molecule has 2 aromatic rings. The van der Waals surface area contributed by atoms with Gasteiger partial charge >= 0.3 is 11.9 Å². The molecule has 0 saturated carbocycles. The summed E-state index contributed by atoms with van der Waals surface area (Å²) in [5.74, 6) is -1.58. The predicted molar refractivity (Wildman–Crippen MR) is 86.1 cm³/mol. The van der Waals surface area contributed by atoms with Gasteiger partial charge in [-0.15, -0.1) is 0 Å². The molecule has 0 aliphatic rings. The fourth-order valence-electron chi connectivity index (χ4n) is 1.92. The molecule has 124 valence electrons. The van der Waals surface area contributed by atoms with Crippen LogP contribution in [0, 0.1) is 10.1 Å². The highest BCUT2D eigenvalue weighted by molar-refractivity contribution is 7.99. The number of benzene rings is 2. The molecule has 1 N–H and O–H groups in total. The summed E-state index contributed by atoms with van der Waals surface area (Å²) in [5, 5.41) is 20.5. The molecule has 0 heterocycles. The highest BCUT2D eigenvalue weighted by atomic mass is 32.2. The van der Waals surface area contributed by atoms with E-state index in [-0.39, 0.29) is 17.9 Å². The van der Waals surface area contributed by atoms with E-state index >= 15 is 0 Å². The van der Waals surface area contributed by atoms with Gasteiger partial charge in [0.2, 0.25) is 0 Å². The minimum atomic E-state index is -1.10. The van der Waals surface area contributed by atoms with Crippen LogP contribution in [0.15, 0.2) is 52.3 Å². The predicted octanol–water partition coefficient (Wildman–Crippen LogP) is 3.51. The Balaban J connectivity index is 2.35. The number of nitro benzene ring substituents is 1. The SMILES string of the molecule is CC(=O)OCc1ccc(Sc2ccccc2C(=O)O)c([N+](=O)[O-])c1. The summed E-state index contributed by atoms with van der Waals surface area (Å²) in [6, 6.07) is 10.7. The molecule has 0 fully saturated rings. The van der Waals surface area contributed by atoms with Crippen LogP contribution in [-0.4, -0.2) is 22.0 Å². The lowest BCUT2D eigenvalue weighted by Crippen LogP contribution is -2.01. The van der Waals surface area contributed by atoms with E-state index in [9.17, 15) is 24.8 Å². The van der Waals surface area contributed by atoms with Crippen LogP contribution in [0.5, 0.6) is 0 Å². The molecule has 2 rings (SSSR count). The summed E-state index contributed by atoms with van der Waals surface area (Å²) in [5.41, 5.74) is 0.374. The van der Waals surface area contributed by atoms with E-state index in [1.165, 1.54) is 25.1 Å². The smallest absolute Gasteiger partial charge is 0.336 e. The van der Waals surface area contributed by atoms with E-state index in [0.717, 1.165) is 11.8 Å². The Kier molecular flexibility index (Phi) is 5.54. The number of nitrogens with zero attached hydrogens (tertiary/aromatic N) is 1. The molecule has 0 unspecified atom stereocenters. The monoisotopic (exact) mass is 347 g/mol. The average molecular weight is 347 g/mol. The summed E-state index contributed by atoms with van der Waals surface area (Å²) in [7, 11) is 0. The van der Waals surface area contributed by atoms with Crippen molar-refractivity contribution in [1.82, 2.24) is 0 Å². The Morgan fingerprint density at radius 1 is 1.21 bits per heavy atom. The van der Waals surface area contributed by atoms with Crippen molar-refractivity contribution in [2.24, 2.45) is 0 Å². The quantitative estimate of drug-likeness (QED) is 0.484. The van der Waals surface area contributed by atoms with Gasteiger partial charge in [0.05, 0.1) is 15.4 Å². The van der Waals surface area contributed by atoms with Crippen LogP contribution < -0.4 is 0 Å². The number of rotatable bonds is 6. The molecular formula is C16H13NO6S. The van der Waals surface area contributed by atoms with Gasteiger partial charge in [0, 0.05) is 17.9 Å². The number of carboxylic acid groups (broad SMARTS) is 1. The largest absolute Gasteiger partial charge is 0.478 e. The molecule has 8 heteroatoms. The van der Waals surface area contributed by atoms with Gasteiger partial charge in [-0.05, 0) is 23.8 Å². The third-order valence-electron chi connectivity index (χ3n) is 3.00. The van der Waals surface area contributed by atoms with E-state index < -0.39 is 16.9 Å². The molecular weight excluding hydrogens is 334 g/mol. The maximum Gasteiger partial charge on any atom is 0.336 e. The van der Waals surface area contributed by atoms with Gasteiger partial charge in [0.25, 0.3) is 5.69 Å². The van der Waals surface area contributed by atoms with Crippen LogP contribution in [-0.2, 0) is 16.1 Å². The number of hydrogen-bond donors (Lipinski definition) is 1. The molecule has 7 nitrogen and oxygen atoms in total. The van der Waals surface area contributed by atoms with Gasteiger partial charge in [0.15, 0.2) is 0 Å². The van der Waals surface area contributed by atoms with E-state index in [0.29, 0.717) is 15.4 Å². The first kappa shape index (κ1) is 17.5. The zero-order chi connectivity index (χ0) is 17.7. The zero-order valence-corrected chi connectivity index (χ0v) is 13.4. The molecule has 0 bridgehead atoms. The highest BCUT2D eigenvalue weighted by Gasteiger charge is 2.19. The third kappa shape index (κ3) is 4.32. The molecule has 2 aromatic carbocycles. The number of nitro groups is 1. The molecule has 0 radical (unpaired) electrons. The number of ether oxygens (including phenoxy) is 1. The molecule has 0 atom stereocenters. The highest BCUT2D eigenvalue weighted by Crippen LogP contribution is 2.37. The van der Waals surface area contributed by atoms with Gasteiger partial charge in [-0.3, -0.25) is 14.9 Å². The van der Waals surface area contributed by atoms with E-state index in [1.54, 1.807) is 24.3 Å². The normalized spacial score (nSPS) is 10.2. The lowest BCUT2D eigenvalue weighted by Gasteiger charge is -2.08. The maximum absolute atomic E-state index is 11.3. The lowest BCUT2D eigenvalue weighted by atomic mass is 10.2. The van der Waals surface area contributed by atoms with E-state index in [1.807, 2.05) is 0 Å². The summed E-state index contributed by atoms with van der Waals surface area (Å²) in [6.07, 6.45) is 0. The summed E-state index contributed by atoms with van der Waals surface area (Å²) >= 11 is 1.00. The molecule has 0 amide bonds. The fraction of sp³-hybridized carbons (Fsp3) is 0.125. The van der Waals surface area contributed by atoms with Gasteiger partial charge in [-0.2, -0.15) is 0 Å². The third-order valence-corrected chi connectivity index (χ3v) is 4.14. The topological polar surface area (TPSA) is 107 Å². The molecule has 0 spiro atoms. The standard InChI is InChI=1S/C16H13NO6S/c1-10(18)23-9-11-6-7-15(13(8-11)17(21)22)24-14-5-3-2-4-12(14)16(19)20/h2-8H,9H2,1H3,(H,19,20). The number of esters is 1. The molecule has 0 aliphatic heterocycles. The first-order chi connectivity index (χ1) is 11.4. The van der Waals surface area contributed by atoms with E-state index in [2.05, 4.69) is 0 Å². The minimum Gasteiger partial charge on any atom is -0.478 e. The van der Waals surface area contributed by atoms with Gasteiger partial charge in [0.1, 0.15) is 6.61 Å².